The van der Waals surface area contributed by atoms with E-state index >= 15 is 0 Å². The molecule has 0 spiro atoms. The highest BCUT2D eigenvalue weighted by Crippen LogP contribution is 2.25. The molecule has 1 N–H and O–H groups in total. The number of hydrogen-bond acceptors (Lipinski definition) is 2. The Labute approximate surface area is 100 Å². The van der Waals surface area contributed by atoms with Crippen molar-refractivity contribution in [3.05, 3.63) is 12.7 Å². The minimum Gasteiger partial charge on any atom is -0.376 e. The van der Waals surface area contributed by atoms with E-state index in [4.69, 9.17) is 4.74 Å². The van der Waals surface area contributed by atoms with Crippen LogP contribution in [0.2, 0.25) is 0 Å². The number of allylic oxidation sites excluding steroid dienone is 1. The average molecular weight is 225 g/mol. The molecule has 0 aliphatic carbocycles. The summed E-state index contributed by atoms with van der Waals surface area (Å²) in [4.78, 5) is 0. The molecule has 2 nitrogen and oxygen atoms in total. The van der Waals surface area contributed by atoms with Crippen molar-refractivity contribution in [3.8, 4) is 0 Å². The van der Waals surface area contributed by atoms with Crippen LogP contribution in [-0.2, 0) is 4.74 Å². The summed E-state index contributed by atoms with van der Waals surface area (Å²) in [5, 5.41) is 3.42. The number of nitrogens with one attached hydrogen (secondary N) is 1. The maximum absolute atomic E-state index is 5.82. The van der Waals surface area contributed by atoms with Crippen LogP contribution in [0.1, 0.15) is 45.4 Å². The molecular formula is C14H27NO. The molecule has 2 heteroatoms. The largest absolute Gasteiger partial charge is 0.376 e. The second-order valence-electron chi connectivity index (χ2n) is 4.92. The molecule has 1 aliphatic rings. The second-order valence-corrected chi connectivity index (χ2v) is 4.92. The van der Waals surface area contributed by atoms with Gasteiger partial charge in [0.1, 0.15) is 0 Å². The Morgan fingerprint density at radius 3 is 2.81 bits per heavy atom. The van der Waals surface area contributed by atoms with E-state index in [-0.39, 0.29) is 0 Å². The smallest absolute Gasteiger partial charge is 0.0754 e. The molecule has 1 saturated heterocycles. The first kappa shape index (κ1) is 13.7. The maximum atomic E-state index is 5.82. The van der Waals surface area contributed by atoms with Gasteiger partial charge in [-0.2, -0.15) is 0 Å². The second kappa shape index (κ2) is 7.86. The molecule has 0 amide bonds. The Hall–Kier alpha value is -0.340. The van der Waals surface area contributed by atoms with E-state index in [2.05, 4.69) is 25.9 Å². The van der Waals surface area contributed by atoms with Crippen LogP contribution < -0.4 is 5.32 Å². The van der Waals surface area contributed by atoms with E-state index < -0.39 is 0 Å². The van der Waals surface area contributed by atoms with Crippen LogP contribution in [0.25, 0.3) is 0 Å². The van der Waals surface area contributed by atoms with Crippen molar-refractivity contribution in [1.29, 1.82) is 0 Å². The minimum absolute atomic E-state index is 0.435. The fourth-order valence-electron chi connectivity index (χ4n) is 2.53. The first-order chi connectivity index (χ1) is 7.79. The molecule has 16 heavy (non-hydrogen) atoms. The highest BCUT2D eigenvalue weighted by molar-refractivity contribution is 4.84. The van der Waals surface area contributed by atoms with Crippen LogP contribution in [0.4, 0.5) is 0 Å². The average Bonchev–Trinajstić information content (AvgIpc) is 2.70. The molecule has 94 valence electrons. The van der Waals surface area contributed by atoms with Crippen molar-refractivity contribution in [1.82, 2.24) is 5.32 Å². The Morgan fingerprint density at radius 2 is 2.25 bits per heavy atom. The number of hydrogen-bond donors (Lipinski definition) is 1. The van der Waals surface area contributed by atoms with Gasteiger partial charge in [0.05, 0.1) is 6.10 Å². The fourth-order valence-corrected chi connectivity index (χ4v) is 2.53. The van der Waals surface area contributed by atoms with Crippen LogP contribution in [0.3, 0.4) is 0 Å². The van der Waals surface area contributed by atoms with Gasteiger partial charge in [-0.15, -0.1) is 6.58 Å². The molecule has 3 atom stereocenters. The molecule has 0 aromatic heterocycles. The van der Waals surface area contributed by atoms with Crippen LogP contribution >= 0.6 is 0 Å². The van der Waals surface area contributed by atoms with Gasteiger partial charge in [-0.1, -0.05) is 25.8 Å². The monoisotopic (exact) mass is 225 g/mol. The maximum Gasteiger partial charge on any atom is 0.0754 e. The molecule has 1 aliphatic heterocycles. The summed E-state index contributed by atoms with van der Waals surface area (Å²) in [6, 6.07) is 0.543. The highest BCUT2D eigenvalue weighted by Gasteiger charge is 2.30. The van der Waals surface area contributed by atoms with Crippen LogP contribution in [0, 0.1) is 5.92 Å². The zero-order valence-corrected chi connectivity index (χ0v) is 10.9. The van der Waals surface area contributed by atoms with Crippen molar-refractivity contribution >= 4 is 0 Å². The van der Waals surface area contributed by atoms with Gasteiger partial charge in [-0.05, 0) is 38.6 Å². The highest BCUT2D eigenvalue weighted by atomic mass is 16.5. The molecular weight excluding hydrogens is 198 g/mol. The molecule has 0 saturated carbocycles. The summed E-state index contributed by atoms with van der Waals surface area (Å²) in [6.07, 6.45) is 9.95. The van der Waals surface area contributed by atoms with Gasteiger partial charge in [0.15, 0.2) is 0 Å². The molecule has 3 unspecified atom stereocenters. The zero-order valence-electron chi connectivity index (χ0n) is 10.9. The summed E-state index contributed by atoms with van der Waals surface area (Å²) in [7, 11) is 2.06. The molecule has 1 fully saturated rings. The van der Waals surface area contributed by atoms with E-state index in [0.29, 0.717) is 18.1 Å². The Balaban J connectivity index is 2.18. The van der Waals surface area contributed by atoms with Crippen LogP contribution in [-0.4, -0.2) is 25.8 Å². The predicted molar refractivity (Wildman–Crippen MR) is 69.7 cm³/mol. The van der Waals surface area contributed by atoms with Crippen LogP contribution in [0.15, 0.2) is 12.7 Å². The SMILES string of the molecule is C=CCCCCCC(NC)C1OCCC1C. The first-order valence-electron chi connectivity index (χ1n) is 6.69. The van der Waals surface area contributed by atoms with E-state index in [0.717, 1.165) is 13.0 Å². The van der Waals surface area contributed by atoms with Gasteiger partial charge in [0.25, 0.3) is 0 Å². The third kappa shape index (κ3) is 4.26. The third-order valence-corrected chi connectivity index (χ3v) is 3.64. The van der Waals surface area contributed by atoms with E-state index in [1.54, 1.807) is 0 Å². The van der Waals surface area contributed by atoms with Crippen LogP contribution in [0.5, 0.6) is 0 Å². The number of likely N-dealkylation sites (N-methyl/N-ethyl adjacent to an activating group) is 1. The van der Waals surface area contributed by atoms with E-state index in [1.807, 2.05) is 6.08 Å². The van der Waals surface area contributed by atoms with Gasteiger partial charge in [0, 0.05) is 12.6 Å². The lowest BCUT2D eigenvalue weighted by Crippen LogP contribution is -2.40. The first-order valence-corrected chi connectivity index (χ1v) is 6.69. The van der Waals surface area contributed by atoms with Gasteiger partial charge in [0.2, 0.25) is 0 Å². The zero-order chi connectivity index (χ0) is 11.8. The van der Waals surface area contributed by atoms with Crippen molar-refractivity contribution in [2.24, 2.45) is 5.92 Å². The standard InChI is InChI=1S/C14H27NO/c1-4-5-6-7-8-9-13(15-3)14-12(2)10-11-16-14/h4,12-15H,1,5-11H2,2-3H3. The molecule has 0 bridgehead atoms. The van der Waals surface area contributed by atoms with Gasteiger partial charge in [-0.25, -0.2) is 0 Å². The summed E-state index contributed by atoms with van der Waals surface area (Å²) >= 11 is 0. The van der Waals surface area contributed by atoms with Gasteiger partial charge < -0.3 is 10.1 Å². The quantitative estimate of drug-likeness (QED) is 0.506. The summed E-state index contributed by atoms with van der Waals surface area (Å²) < 4.78 is 5.82. The van der Waals surface area contributed by atoms with Crippen molar-refractivity contribution in [2.75, 3.05) is 13.7 Å². The predicted octanol–water partition coefficient (Wildman–Crippen LogP) is 3.14. The lowest BCUT2D eigenvalue weighted by atomic mass is 9.94. The minimum atomic E-state index is 0.435. The number of unbranched alkanes of at least 4 members (excludes halogenated alkanes) is 3. The third-order valence-electron chi connectivity index (χ3n) is 3.64. The summed E-state index contributed by atoms with van der Waals surface area (Å²) in [6.45, 7) is 7.00. The molecule has 0 aromatic rings. The lowest BCUT2D eigenvalue weighted by Gasteiger charge is -2.25. The molecule has 1 rings (SSSR count). The molecule has 1 heterocycles. The Morgan fingerprint density at radius 1 is 1.44 bits per heavy atom. The lowest BCUT2D eigenvalue weighted by molar-refractivity contribution is 0.0598. The topological polar surface area (TPSA) is 21.3 Å². The Kier molecular flexibility index (Phi) is 6.74. The molecule has 0 aromatic carbocycles. The van der Waals surface area contributed by atoms with Crippen molar-refractivity contribution < 1.29 is 4.74 Å². The fraction of sp³-hybridized carbons (Fsp3) is 0.857. The number of rotatable bonds is 8. The van der Waals surface area contributed by atoms with Crippen molar-refractivity contribution in [3.63, 3.8) is 0 Å². The summed E-state index contributed by atoms with van der Waals surface area (Å²) in [5.41, 5.74) is 0. The normalized spacial score (nSPS) is 26.9. The molecule has 0 radical (unpaired) electrons. The van der Waals surface area contributed by atoms with Crippen molar-refractivity contribution in [2.45, 2.75) is 57.6 Å². The number of ether oxygens (including phenoxy) is 1. The summed E-state index contributed by atoms with van der Waals surface area (Å²) in [5.74, 6) is 0.714. The van der Waals surface area contributed by atoms with E-state index in [1.165, 1.54) is 32.1 Å². The Bertz CT molecular complexity index is 193. The van der Waals surface area contributed by atoms with Gasteiger partial charge in [-0.3, -0.25) is 0 Å². The van der Waals surface area contributed by atoms with E-state index in [9.17, 15) is 0 Å². The van der Waals surface area contributed by atoms with Gasteiger partial charge >= 0.3 is 0 Å².